The van der Waals surface area contributed by atoms with Gasteiger partial charge in [0.15, 0.2) is 0 Å². The van der Waals surface area contributed by atoms with Gasteiger partial charge in [-0.15, -0.1) is 6.58 Å². The molecule has 0 spiro atoms. The second-order valence-corrected chi connectivity index (χ2v) is 6.64. The highest BCUT2D eigenvalue weighted by Gasteiger charge is 2.36. The van der Waals surface area contributed by atoms with Crippen molar-refractivity contribution in [1.82, 2.24) is 0 Å². The Bertz CT molecular complexity index is 389. The van der Waals surface area contributed by atoms with Crippen LogP contribution in [0.4, 0.5) is 0 Å². The maximum absolute atomic E-state index is 11.5. The van der Waals surface area contributed by atoms with Gasteiger partial charge in [0.05, 0.1) is 7.11 Å². The fourth-order valence-electron chi connectivity index (χ4n) is 2.76. The van der Waals surface area contributed by atoms with E-state index < -0.39 is 0 Å². The SMILES string of the molecule is C=CCCC1(CCC(I)C(=O)OC)C(C)=CC=C1C. The lowest BCUT2D eigenvalue weighted by atomic mass is 9.71. The molecule has 19 heavy (non-hydrogen) atoms. The number of allylic oxidation sites excluding steroid dienone is 5. The highest BCUT2D eigenvalue weighted by molar-refractivity contribution is 14.1. The average molecular weight is 374 g/mol. The van der Waals surface area contributed by atoms with Crippen LogP contribution in [0.2, 0.25) is 0 Å². The Morgan fingerprint density at radius 2 is 2.00 bits per heavy atom. The minimum Gasteiger partial charge on any atom is -0.468 e. The van der Waals surface area contributed by atoms with Gasteiger partial charge >= 0.3 is 5.97 Å². The van der Waals surface area contributed by atoms with E-state index in [2.05, 4.69) is 55.2 Å². The number of halogens is 1. The Kier molecular flexibility index (Phi) is 6.30. The summed E-state index contributed by atoms with van der Waals surface area (Å²) in [5, 5.41) is 0. The maximum Gasteiger partial charge on any atom is 0.318 e. The second-order valence-electron chi connectivity index (χ2n) is 5.14. The van der Waals surface area contributed by atoms with Crippen molar-refractivity contribution < 1.29 is 9.53 Å². The average Bonchev–Trinajstić information content (AvgIpc) is 2.69. The fourth-order valence-corrected chi connectivity index (χ4v) is 3.33. The van der Waals surface area contributed by atoms with Gasteiger partial charge < -0.3 is 4.74 Å². The van der Waals surface area contributed by atoms with E-state index in [4.69, 9.17) is 4.74 Å². The molecule has 0 saturated carbocycles. The van der Waals surface area contributed by atoms with Gasteiger partial charge in [0.25, 0.3) is 0 Å². The molecule has 0 N–H and O–H groups in total. The van der Waals surface area contributed by atoms with E-state index >= 15 is 0 Å². The Hall–Kier alpha value is -0.580. The fraction of sp³-hybridized carbons (Fsp3) is 0.562. The number of carbonyl (C=O) groups is 1. The largest absolute Gasteiger partial charge is 0.468 e. The molecule has 0 saturated heterocycles. The zero-order valence-corrected chi connectivity index (χ0v) is 14.2. The first-order chi connectivity index (χ1) is 8.97. The molecule has 0 aromatic rings. The van der Waals surface area contributed by atoms with Crippen LogP contribution in [0.25, 0.3) is 0 Å². The smallest absolute Gasteiger partial charge is 0.318 e. The van der Waals surface area contributed by atoms with Crippen LogP contribution >= 0.6 is 22.6 Å². The second kappa shape index (κ2) is 7.27. The van der Waals surface area contributed by atoms with E-state index in [1.165, 1.54) is 18.3 Å². The summed E-state index contributed by atoms with van der Waals surface area (Å²) in [4.78, 5) is 11.5. The van der Waals surface area contributed by atoms with E-state index in [0.29, 0.717) is 0 Å². The lowest BCUT2D eigenvalue weighted by Gasteiger charge is -2.34. The minimum atomic E-state index is -0.124. The van der Waals surface area contributed by atoms with Gasteiger partial charge in [-0.3, -0.25) is 4.79 Å². The van der Waals surface area contributed by atoms with Crippen LogP contribution < -0.4 is 0 Å². The summed E-state index contributed by atoms with van der Waals surface area (Å²) >= 11 is 2.18. The van der Waals surface area contributed by atoms with Gasteiger partial charge in [0, 0.05) is 5.41 Å². The lowest BCUT2D eigenvalue weighted by molar-refractivity contribution is -0.139. The lowest BCUT2D eigenvalue weighted by Crippen LogP contribution is -2.25. The van der Waals surface area contributed by atoms with Crippen LogP contribution in [-0.2, 0) is 9.53 Å². The highest BCUT2D eigenvalue weighted by atomic mass is 127. The molecule has 0 aliphatic heterocycles. The van der Waals surface area contributed by atoms with E-state index in [9.17, 15) is 4.79 Å². The van der Waals surface area contributed by atoms with Crippen molar-refractivity contribution in [1.29, 1.82) is 0 Å². The summed E-state index contributed by atoms with van der Waals surface area (Å²) in [5.74, 6) is -0.124. The van der Waals surface area contributed by atoms with Crippen LogP contribution in [0.3, 0.4) is 0 Å². The number of carbonyl (C=O) groups excluding carboxylic acids is 1. The molecular weight excluding hydrogens is 351 g/mol. The minimum absolute atomic E-state index is 0.0654. The standard InChI is InChI=1S/C16H23IO2/c1-5-6-10-16(12(2)7-8-13(16)3)11-9-14(17)15(18)19-4/h5,7-8,14H,1,6,9-11H2,2-4H3. The van der Waals surface area contributed by atoms with Gasteiger partial charge in [-0.05, 0) is 39.5 Å². The van der Waals surface area contributed by atoms with Crippen molar-refractivity contribution in [3.05, 3.63) is 36.0 Å². The first kappa shape index (κ1) is 16.5. The Labute approximate surface area is 130 Å². The van der Waals surface area contributed by atoms with E-state index in [0.717, 1.165) is 25.7 Å². The Morgan fingerprint density at radius 3 is 2.47 bits per heavy atom. The number of methoxy groups -OCH3 is 1. The molecule has 0 amide bonds. The number of esters is 1. The molecule has 0 radical (unpaired) electrons. The number of hydrogen-bond acceptors (Lipinski definition) is 2. The van der Waals surface area contributed by atoms with Crippen molar-refractivity contribution >= 4 is 28.6 Å². The van der Waals surface area contributed by atoms with Crippen molar-refractivity contribution in [3.8, 4) is 0 Å². The highest BCUT2D eigenvalue weighted by Crippen LogP contribution is 2.48. The van der Waals surface area contributed by atoms with E-state index in [-0.39, 0.29) is 15.3 Å². The monoisotopic (exact) mass is 374 g/mol. The molecule has 1 aliphatic carbocycles. The number of ether oxygens (including phenoxy) is 1. The normalized spacial score (nSPS) is 18.5. The van der Waals surface area contributed by atoms with Gasteiger partial charge in [0.1, 0.15) is 3.92 Å². The maximum atomic E-state index is 11.5. The number of rotatable bonds is 7. The molecule has 106 valence electrons. The predicted octanol–water partition coefficient (Wildman–Crippen LogP) is 4.60. The molecule has 0 bridgehead atoms. The van der Waals surface area contributed by atoms with Gasteiger partial charge in [-0.25, -0.2) is 0 Å². The summed E-state index contributed by atoms with van der Waals surface area (Å²) < 4.78 is 4.74. The van der Waals surface area contributed by atoms with Crippen LogP contribution in [0.1, 0.15) is 39.5 Å². The molecule has 1 atom stereocenters. The quantitative estimate of drug-likeness (QED) is 0.282. The third-order valence-corrected chi connectivity index (χ3v) is 5.28. The van der Waals surface area contributed by atoms with E-state index in [1.807, 2.05) is 6.08 Å². The molecule has 2 nitrogen and oxygen atoms in total. The van der Waals surface area contributed by atoms with Crippen molar-refractivity contribution in [2.75, 3.05) is 7.11 Å². The third-order valence-electron chi connectivity index (χ3n) is 4.15. The summed E-state index contributed by atoms with van der Waals surface area (Å²) in [6.45, 7) is 8.21. The number of hydrogen-bond donors (Lipinski definition) is 0. The molecule has 0 aromatic heterocycles. The van der Waals surface area contributed by atoms with Crippen molar-refractivity contribution in [2.24, 2.45) is 5.41 Å². The van der Waals surface area contributed by atoms with Gasteiger partial charge in [-0.2, -0.15) is 0 Å². The topological polar surface area (TPSA) is 26.3 Å². The van der Waals surface area contributed by atoms with E-state index in [1.54, 1.807) is 0 Å². The molecule has 0 heterocycles. The summed E-state index contributed by atoms with van der Waals surface area (Å²) in [6, 6.07) is 0. The van der Waals surface area contributed by atoms with Crippen molar-refractivity contribution in [2.45, 2.75) is 43.5 Å². The van der Waals surface area contributed by atoms with Crippen LogP contribution in [0.15, 0.2) is 36.0 Å². The van der Waals surface area contributed by atoms with Crippen LogP contribution in [0.5, 0.6) is 0 Å². The Morgan fingerprint density at radius 1 is 1.42 bits per heavy atom. The molecule has 1 unspecified atom stereocenters. The molecule has 3 heteroatoms. The molecule has 0 fully saturated rings. The van der Waals surface area contributed by atoms with Gasteiger partial charge in [0.2, 0.25) is 0 Å². The predicted molar refractivity (Wildman–Crippen MR) is 88.4 cm³/mol. The molecule has 1 rings (SSSR count). The first-order valence-electron chi connectivity index (χ1n) is 6.67. The van der Waals surface area contributed by atoms with Crippen LogP contribution in [0, 0.1) is 5.41 Å². The Balaban J connectivity index is 2.77. The third kappa shape index (κ3) is 3.71. The first-order valence-corrected chi connectivity index (χ1v) is 7.91. The number of alkyl halides is 1. The van der Waals surface area contributed by atoms with Crippen LogP contribution in [-0.4, -0.2) is 17.0 Å². The molecular formula is C16H23IO2. The summed E-state index contributed by atoms with van der Waals surface area (Å²) in [6.07, 6.45) is 10.3. The van der Waals surface area contributed by atoms with Crippen molar-refractivity contribution in [3.63, 3.8) is 0 Å². The zero-order chi connectivity index (χ0) is 14.5. The van der Waals surface area contributed by atoms with Gasteiger partial charge in [-0.1, -0.05) is 52.0 Å². The summed E-state index contributed by atoms with van der Waals surface area (Å²) in [7, 11) is 1.45. The summed E-state index contributed by atoms with van der Waals surface area (Å²) in [5.41, 5.74) is 2.92. The molecule has 1 aliphatic rings. The molecule has 0 aromatic carbocycles. The zero-order valence-electron chi connectivity index (χ0n) is 12.0.